The molecule has 3 aromatic rings. The van der Waals surface area contributed by atoms with E-state index in [0.717, 1.165) is 22.4 Å². The summed E-state index contributed by atoms with van der Waals surface area (Å²) in [4.78, 5) is 28.3. The number of nitrogens with zero attached hydrogens (tertiary/aromatic N) is 1. The Morgan fingerprint density at radius 3 is 2.16 bits per heavy atom. The summed E-state index contributed by atoms with van der Waals surface area (Å²) in [7, 11) is 1.55. The smallest absolute Gasteiger partial charge is 0.282 e. The molecule has 31 heavy (non-hydrogen) atoms. The predicted octanol–water partition coefficient (Wildman–Crippen LogP) is 5.02. The second kappa shape index (κ2) is 8.11. The van der Waals surface area contributed by atoms with Crippen molar-refractivity contribution in [3.05, 3.63) is 94.7 Å². The van der Waals surface area contributed by atoms with E-state index in [-0.39, 0.29) is 11.6 Å². The molecule has 0 saturated carbocycles. The zero-order chi connectivity index (χ0) is 22.1. The van der Waals surface area contributed by atoms with Crippen molar-refractivity contribution in [2.45, 2.75) is 20.8 Å². The monoisotopic (exact) mass is 412 g/mol. The first-order chi connectivity index (χ1) is 14.9. The van der Waals surface area contributed by atoms with Gasteiger partial charge in [-0.1, -0.05) is 53.6 Å². The quantitative estimate of drug-likeness (QED) is 0.598. The molecule has 0 aromatic heterocycles. The van der Waals surface area contributed by atoms with Gasteiger partial charge >= 0.3 is 0 Å². The zero-order valence-corrected chi connectivity index (χ0v) is 18.0. The fraction of sp³-hybridized carbons (Fsp3) is 0.154. The molecule has 0 spiro atoms. The van der Waals surface area contributed by atoms with Crippen molar-refractivity contribution in [3.63, 3.8) is 0 Å². The van der Waals surface area contributed by atoms with Crippen LogP contribution in [0.25, 0.3) is 5.57 Å². The molecule has 5 heteroatoms. The van der Waals surface area contributed by atoms with E-state index >= 15 is 0 Å². The minimum atomic E-state index is -0.394. The van der Waals surface area contributed by atoms with Crippen molar-refractivity contribution in [3.8, 4) is 5.75 Å². The summed E-state index contributed by atoms with van der Waals surface area (Å²) in [6.45, 7) is 5.94. The number of ether oxygens (including phenoxy) is 1. The maximum Gasteiger partial charge on any atom is 0.282 e. The predicted molar refractivity (Wildman–Crippen MR) is 123 cm³/mol. The number of anilines is 2. The van der Waals surface area contributed by atoms with Gasteiger partial charge in [-0.15, -0.1) is 0 Å². The van der Waals surface area contributed by atoms with Gasteiger partial charge in [-0.25, -0.2) is 4.90 Å². The summed E-state index contributed by atoms with van der Waals surface area (Å²) in [6, 6.07) is 20.5. The van der Waals surface area contributed by atoms with Gasteiger partial charge in [0.15, 0.2) is 0 Å². The Labute approximate surface area is 182 Å². The molecule has 1 N–H and O–H groups in total. The van der Waals surface area contributed by atoms with Crippen molar-refractivity contribution in [1.82, 2.24) is 0 Å². The van der Waals surface area contributed by atoms with Gasteiger partial charge < -0.3 is 10.1 Å². The van der Waals surface area contributed by atoms with Gasteiger partial charge in [0, 0.05) is 11.3 Å². The Morgan fingerprint density at radius 1 is 0.806 bits per heavy atom. The molecule has 1 aliphatic heterocycles. The lowest BCUT2D eigenvalue weighted by atomic mass is 10.0. The summed E-state index contributed by atoms with van der Waals surface area (Å²) in [5.74, 6) is -0.246. The van der Waals surface area contributed by atoms with E-state index in [1.54, 1.807) is 31.4 Å². The van der Waals surface area contributed by atoms with E-state index in [9.17, 15) is 9.59 Å². The van der Waals surface area contributed by atoms with Crippen LogP contribution in [0.4, 0.5) is 11.4 Å². The molecular weight excluding hydrogens is 388 g/mol. The molecule has 2 amide bonds. The van der Waals surface area contributed by atoms with Crippen LogP contribution in [0.1, 0.15) is 22.3 Å². The van der Waals surface area contributed by atoms with Crippen LogP contribution in [0.5, 0.6) is 5.75 Å². The third-order valence-electron chi connectivity index (χ3n) is 5.39. The SMILES string of the molecule is COc1ccccc1C1=C(Nc2ccc(C)cc2C)C(=O)N(c2ccc(C)cc2)C1=O. The summed E-state index contributed by atoms with van der Waals surface area (Å²) in [5.41, 5.74) is 5.58. The Morgan fingerprint density at radius 2 is 1.48 bits per heavy atom. The highest BCUT2D eigenvalue weighted by molar-refractivity contribution is 6.46. The van der Waals surface area contributed by atoms with Crippen molar-refractivity contribution in [2.75, 3.05) is 17.3 Å². The van der Waals surface area contributed by atoms with Gasteiger partial charge in [-0.3, -0.25) is 9.59 Å². The molecular formula is C26H24N2O3. The first-order valence-electron chi connectivity index (χ1n) is 10.1. The van der Waals surface area contributed by atoms with E-state index < -0.39 is 5.91 Å². The Hall–Kier alpha value is -3.86. The second-order valence-corrected chi connectivity index (χ2v) is 7.67. The van der Waals surface area contributed by atoms with Crippen LogP contribution in [0, 0.1) is 20.8 Å². The number of carbonyl (C=O) groups excluding carboxylic acids is 2. The number of amides is 2. The average molecular weight is 412 g/mol. The van der Waals surface area contributed by atoms with Gasteiger partial charge in [0.05, 0.1) is 18.4 Å². The maximum atomic E-state index is 13.6. The standard InChI is InChI=1S/C26H24N2O3/c1-16-9-12-19(13-10-16)28-25(29)23(20-7-5-6-8-22(20)31-4)24(26(28)30)27-21-14-11-17(2)15-18(21)3/h5-15,27H,1-4H3. The molecule has 3 aromatic carbocycles. The summed E-state index contributed by atoms with van der Waals surface area (Å²) in [5, 5.41) is 3.24. The number of hydrogen-bond acceptors (Lipinski definition) is 4. The first-order valence-corrected chi connectivity index (χ1v) is 10.1. The molecule has 0 radical (unpaired) electrons. The molecule has 0 atom stereocenters. The average Bonchev–Trinajstić information content (AvgIpc) is 3.00. The number of nitrogens with one attached hydrogen (secondary N) is 1. The summed E-state index contributed by atoms with van der Waals surface area (Å²) in [6.07, 6.45) is 0. The summed E-state index contributed by atoms with van der Waals surface area (Å²) < 4.78 is 5.49. The van der Waals surface area contributed by atoms with Crippen molar-refractivity contribution >= 4 is 28.8 Å². The molecule has 4 rings (SSSR count). The molecule has 0 unspecified atom stereocenters. The van der Waals surface area contributed by atoms with E-state index in [2.05, 4.69) is 5.32 Å². The van der Waals surface area contributed by atoms with Crippen molar-refractivity contribution in [1.29, 1.82) is 0 Å². The van der Waals surface area contributed by atoms with Gasteiger partial charge in [0.2, 0.25) is 0 Å². The number of methoxy groups -OCH3 is 1. The Balaban J connectivity index is 1.87. The first kappa shape index (κ1) is 20.4. The minimum Gasteiger partial charge on any atom is -0.496 e. The fourth-order valence-electron chi connectivity index (χ4n) is 3.76. The van der Waals surface area contributed by atoms with E-state index in [0.29, 0.717) is 22.6 Å². The lowest BCUT2D eigenvalue weighted by Gasteiger charge is -2.16. The van der Waals surface area contributed by atoms with Gasteiger partial charge in [-0.05, 0) is 50.6 Å². The van der Waals surface area contributed by atoms with Crippen molar-refractivity contribution in [2.24, 2.45) is 0 Å². The number of para-hydroxylation sites is 1. The molecule has 5 nitrogen and oxygen atoms in total. The third-order valence-corrected chi connectivity index (χ3v) is 5.39. The lowest BCUT2D eigenvalue weighted by molar-refractivity contribution is -0.120. The Bertz CT molecular complexity index is 1210. The summed E-state index contributed by atoms with van der Waals surface area (Å²) >= 11 is 0. The highest BCUT2D eigenvalue weighted by atomic mass is 16.5. The fourth-order valence-corrected chi connectivity index (χ4v) is 3.76. The van der Waals surface area contributed by atoms with Gasteiger partial charge in [0.1, 0.15) is 11.4 Å². The minimum absolute atomic E-state index is 0.238. The van der Waals surface area contributed by atoms with Crippen LogP contribution in [0.3, 0.4) is 0 Å². The van der Waals surface area contributed by atoms with E-state index in [1.165, 1.54) is 4.90 Å². The van der Waals surface area contributed by atoms with Crippen LogP contribution in [-0.4, -0.2) is 18.9 Å². The number of benzene rings is 3. The Kier molecular flexibility index (Phi) is 5.34. The number of imide groups is 1. The van der Waals surface area contributed by atoms with Gasteiger partial charge in [0.25, 0.3) is 11.8 Å². The molecule has 0 bridgehead atoms. The maximum absolute atomic E-state index is 13.6. The number of carbonyl (C=O) groups is 2. The van der Waals surface area contributed by atoms with Crippen LogP contribution in [0.2, 0.25) is 0 Å². The number of aryl methyl sites for hydroxylation is 3. The highest BCUT2D eigenvalue weighted by Crippen LogP contribution is 2.37. The normalized spacial score (nSPS) is 13.7. The lowest BCUT2D eigenvalue weighted by Crippen LogP contribution is -2.32. The zero-order valence-electron chi connectivity index (χ0n) is 18.0. The molecule has 1 aliphatic rings. The molecule has 156 valence electrons. The topological polar surface area (TPSA) is 58.6 Å². The van der Waals surface area contributed by atoms with Crippen LogP contribution in [-0.2, 0) is 9.59 Å². The molecule has 0 aliphatic carbocycles. The van der Waals surface area contributed by atoms with Crippen molar-refractivity contribution < 1.29 is 14.3 Å². The van der Waals surface area contributed by atoms with Gasteiger partial charge in [-0.2, -0.15) is 0 Å². The molecule has 0 saturated heterocycles. The van der Waals surface area contributed by atoms with E-state index in [1.807, 2.05) is 63.2 Å². The van der Waals surface area contributed by atoms with Crippen LogP contribution < -0.4 is 15.0 Å². The number of rotatable bonds is 5. The van der Waals surface area contributed by atoms with E-state index in [4.69, 9.17) is 4.74 Å². The third kappa shape index (κ3) is 3.70. The molecule has 1 heterocycles. The molecule has 0 fully saturated rings. The van der Waals surface area contributed by atoms with Crippen LogP contribution >= 0.6 is 0 Å². The number of hydrogen-bond donors (Lipinski definition) is 1. The largest absolute Gasteiger partial charge is 0.496 e. The van der Waals surface area contributed by atoms with Crippen LogP contribution in [0.15, 0.2) is 72.4 Å². The highest BCUT2D eigenvalue weighted by Gasteiger charge is 2.41. The second-order valence-electron chi connectivity index (χ2n) is 7.67.